The Morgan fingerprint density at radius 3 is 2.59 bits per heavy atom. The molecule has 2 aromatic heterocycles. The van der Waals surface area contributed by atoms with Gasteiger partial charge in [-0.15, -0.1) is 0 Å². The number of nitrogens with zero attached hydrogens (tertiary/aromatic N) is 5. The quantitative estimate of drug-likeness (QED) is 0.457. The second-order valence-electron chi connectivity index (χ2n) is 9.34. The summed E-state index contributed by atoms with van der Waals surface area (Å²) >= 11 is 0. The number of ether oxygens (including phenoxy) is 1. The minimum absolute atomic E-state index is 0.0624. The Bertz CT molecular complexity index is 1350. The number of piperazine rings is 1. The van der Waals surface area contributed by atoms with Crippen LogP contribution in [0.3, 0.4) is 0 Å². The number of carbonyl (C=O) groups is 1. The van der Waals surface area contributed by atoms with E-state index in [0.717, 1.165) is 47.3 Å². The zero-order valence-corrected chi connectivity index (χ0v) is 21.6. The lowest BCUT2D eigenvalue weighted by Crippen LogP contribution is -2.50. The van der Waals surface area contributed by atoms with Crippen molar-refractivity contribution in [2.75, 3.05) is 74.6 Å². The zero-order valence-electron chi connectivity index (χ0n) is 20.8. The molecule has 2 saturated heterocycles. The molecule has 1 atom stereocenters. The predicted molar refractivity (Wildman–Crippen MR) is 142 cm³/mol. The maximum Gasteiger partial charge on any atom is 0.237 e. The molecular formula is C25H31N7O4S. The fourth-order valence-electron chi connectivity index (χ4n) is 4.58. The van der Waals surface area contributed by atoms with Crippen molar-refractivity contribution in [2.24, 2.45) is 0 Å². The Hall–Kier alpha value is -3.35. The van der Waals surface area contributed by atoms with E-state index in [4.69, 9.17) is 9.72 Å². The Morgan fingerprint density at radius 2 is 1.89 bits per heavy atom. The van der Waals surface area contributed by atoms with E-state index in [1.807, 2.05) is 30.3 Å². The molecule has 12 heteroatoms. The molecule has 3 aromatic rings. The summed E-state index contributed by atoms with van der Waals surface area (Å²) in [5, 5.41) is 6.73. The van der Waals surface area contributed by atoms with E-state index in [-0.39, 0.29) is 12.0 Å². The predicted octanol–water partition coefficient (Wildman–Crippen LogP) is 0.785. The molecule has 4 heterocycles. The number of benzene rings is 1. The number of carbonyl (C=O) groups excluding carboxylic acids is 1. The monoisotopic (exact) mass is 525 g/mol. The van der Waals surface area contributed by atoms with Gasteiger partial charge in [0, 0.05) is 75.7 Å². The molecule has 2 N–H and O–H groups in total. The van der Waals surface area contributed by atoms with Crippen LogP contribution in [0.5, 0.6) is 0 Å². The first kappa shape index (κ1) is 25.3. The first-order valence-electron chi connectivity index (χ1n) is 12.3. The molecule has 1 aromatic carbocycles. The highest BCUT2D eigenvalue weighted by Gasteiger charge is 2.24. The number of morpholine rings is 1. The van der Waals surface area contributed by atoms with Gasteiger partial charge in [-0.05, 0) is 18.2 Å². The number of pyridine rings is 1. The summed E-state index contributed by atoms with van der Waals surface area (Å²) in [6.07, 6.45) is 4.48. The van der Waals surface area contributed by atoms with Crippen LogP contribution in [0.15, 0.2) is 42.7 Å². The molecule has 0 aliphatic carbocycles. The van der Waals surface area contributed by atoms with Crippen LogP contribution in [0.1, 0.15) is 0 Å². The molecular weight excluding hydrogens is 494 g/mol. The van der Waals surface area contributed by atoms with Gasteiger partial charge in [-0.25, -0.2) is 18.4 Å². The van der Waals surface area contributed by atoms with Gasteiger partial charge in [-0.1, -0.05) is 12.1 Å². The van der Waals surface area contributed by atoms with Gasteiger partial charge in [0.05, 0.1) is 23.9 Å². The van der Waals surface area contributed by atoms with E-state index in [9.17, 15) is 13.2 Å². The SMILES string of the molecule is CS(=O)(=O)CC(=O)N1CCN(c2ccc(-c3cc4nccnc4c(NC[C@@H]4CNCCO4)n3)cc2)CC1. The summed E-state index contributed by atoms with van der Waals surface area (Å²) in [6.45, 7) is 5.25. The minimum Gasteiger partial charge on any atom is -0.374 e. The van der Waals surface area contributed by atoms with Crippen molar-refractivity contribution in [1.29, 1.82) is 0 Å². The normalized spacial score (nSPS) is 18.7. The van der Waals surface area contributed by atoms with E-state index in [0.29, 0.717) is 45.1 Å². The molecule has 196 valence electrons. The van der Waals surface area contributed by atoms with Crippen LogP contribution in [0, 0.1) is 0 Å². The van der Waals surface area contributed by atoms with Crippen LogP contribution in [0.25, 0.3) is 22.3 Å². The second kappa shape index (κ2) is 11.0. The van der Waals surface area contributed by atoms with Crippen molar-refractivity contribution in [3.05, 3.63) is 42.7 Å². The summed E-state index contributed by atoms with van der Waals surface area (Å²) in [6, 6.07) is 10.1. The Balaban J connectivity index is 1.28. The number of nitrogens with one attached hydrogen (secondary N) is 2. The van der Waals surface area contributed by atoms with Crippen LogP contribution in [0.2, 0.25) is 0 Å². The third-order valence-electron chi connectivity index (χ3n) is 6.50. The highest BCUT2D eigenvalue weighted by Crippen LogP contribution is 2.27. The summed E-state index contributed by atoms with van der Waals surface area (Å²) in [7, 11) is -3.33. The zero-order chi connectivity index (χ0) is 25.8. The van der Waals surface area contributed by atoms with Crippen molar-refractivity contribution < 1.29 is 17.9 Å². The Labute approximate surface area is 216 Å². The fraction of sp³-hybridized carbons (Fsp3) is 0.440. The fourth-order valence-corrected chi connectivity index (χ4v) is 5.21. The third kappa shape index (κ3) is 6.32. The smallest absolute Gasteiger partial charge is 0.237 e. The van der Waals surface area contributed by atoms with Crippen LogP contribution in [-0.4, -0.2) is 105 Å². The van der Waals surface area contributed by atoms with Gasteiger partial charge < -0.3 is 25.2 Å². The molecule has 11 nitrogen and oxygen atoms in total. The lowest BCUT2D eigenvalue weighted by Gasteiger charge is -2.36. The van der Waals surface area contributed by atoms with Gasteiger partial charge in [0.15, 0.2) is 15.7 Å². The number of fused-ring (bicyclic) bond motifs is 1. The van der Waals surface area contributed by atoms with Crippen molar-refractivity contribution in [2.45, 2.75) is 6.10 Å². The van der Waals surface area contributed by atoms with E-state index in [1.54, 1.807) is 17.3 Å². The molecule has 0 bridgehead atoms. The van der Waals surface area contributed by atoms with Crippen LogP contribution in [-0.2, 0) is 19.4 Å². The van der Waals surface area contributed by atoms with Gasteiger partial charge >= 0.3 is 0 Å². The summed E-state index contributed by atoms with van der Waals surface area (Å²) in [5.41, 5.74) is 4.27. The molecule has 2 fully saturated rings. The van der Waals surface area contributed by atoms with Gasteiger partial charge in [0.25, 0.3) is 0 Å². The average Bonchev–Trinajstić information content (AvgIpc) is 2.91. The molecule has 0 spiro atoms. The molecule has 0 unspecified atom stereocenters. The summed E-state index contributed by atoms with van der Waals surface area (Å²) in [5.74, 6) is -0.0980. The summed E-state index contributed by atoms with van der Waals surface area (Å²) < 4.78 is 28.7. The van der Waals surface area contributed by atoms with Gasteiger partial charge in [0.2, 0.25) is 5.91 Å². The first-order valence-corrected chi connectivity index (χ1v) is 14.4. The molecule has 0 radical (unpaired) electrons. The Kier molecular flexibility index (Phi) is 7.49. The van der Waals surface area contributed by atoms with Crippen molar-refractivity contribution in [3.63, 3.8) is 0 Å². The van der Waals surface area contributed by atoms with Crippen LogP contribution < -0.4 is 15.5 Å². The van der Waals surface area contributed by atoms with Crippen molar-refractivity contribution >= 4 is 38.3 Å². The van der Waals surface area contributed by atoms with E-state index in [2.05, 4.69) is 25.5 Å². The van der Waals surface area contributed by atoms with Crippen LogP contribution >= 0.6 is 0 Å². The maximum absolute atomic E-state index is 12.2. The van der Waals surface area contributed by atoms with E-state index < -0.39 is 15.6 Å². The van der Waals surface area contributed by atoms with Crippen molar-refractivity contribution in [1.82, 2.24) is 25.2 Å². The highest BCUT2D eigenvalue weighted by molar-refractivity contribution is 7.91. The van der Waals surface area contributed by atoms with Gasteiger partial charge in [-0.3, -0.25) is 9.78 Å². The molecule has 5 rings (SSSR count). The third-order valence-corrected chi connectivity index (χ3v) is 7.28. The lowest BCUT2D eigenvalue weighted by atomic mass is 10.1. The van der Waals surface area contributed by atoms with Crippen LogP contribution in [0.4, 0.5) is 11.5 Å². The number of hydrogen-bond acceptors (Lipinski definition) is 10. The highest BCUT2D eigenvalue weighted by atomic mass is 32.2. The molecule has 1 amide bonds. The average molecular weight is 526 g/mol. The number of aromatic nitrogens is 3. The topological polar surface area (TPSA) is 130 Å². The number of anilines is 2. The van der Waals surface area contributed by atoms with Gasteiger partial charge in [-0.2, -0.15) is 0 Å². The number of hydrogen-bond donors (Lipinski definition) is 2. The minimum atomic E-state index is -3.33. The molecule has 37 heavy (non-hydrogen) atoms. The second-order valence-corrected chi connectivity index (χ2v) is 11.5. The molecule has 2 aliphatic heterocycles. The molecule has 2 aliphatic rings. The number of rotatable bonds is 7. The number of amides is 1. The summed E-state index contributed by atoms with van der Waals surface area (Å²) in [4.78, 5) is 29.9. The van der Waals surface area contributed by atoms with Crippen molar-refractivity contribution in [3.8, 4) is 11.3 Å². The largest absolute Gasteiger partial charge is 0.374 e. The first-order chi connectivity index (χ1) is 17.9. The molecule has 0 saturated carbocycles. The van der Waals surface area contributed by atoms with E-state index >= 15 is 0 Å². The Morgan fingerprint density at radius 1 is 1.14 bits per heavy atom. The van der Waals surface area contributed by atoms with Gasteiger partial charge in [0.1, 0.15) is 11.3 Å². The maximum atomic E-state index is 12.2. The standard InChI is InChI=1S/C25H31N7O4S/c1-37(34,35)17-23(33)32-11-9-31(10-12-32)19-4-2-18(3-5-19)21-14-22-24(28-7-6-27-22)25(30-21)29-16-20-15-26-8-13-36-20/h2-7,14,20,26H,8-13,15-17H2,1H3,(H,29,30)/t20-/m0/s1. The number of sulfone groups is 1. The van der Waals surface area contributed by atoms with E-state index in [1.165, 1.54) is 0 Å². The lowest BCUT2D eigenvalue weighted by molar-refractivity contribution is -0.128.